The zero-order chi connectivity index (χ0) is 21.3. The maximum atomic E-state index is 12.0. The van der Waals surface area contributed by atoms with E-state index in [-0.39, 0.29) is 5.92 Å². The molecule has 8 nitrogen and oxygen atoms in total. The monoisotopic (exact) mass is 404 g/mol. The molecular formula is C22H24N6O2. The van der Waals surface area contributed by atoms with E-state index >= 15 is 0 Å². The van der Waals surface area contributed by atoms with Gasteiger partial charge in [0.25, 0.3) is 0 Å². The third-order valence-electron chi connectivity index (χ3n) is 4.88. The van der Waals surface area contributed by atoms with E-state index in [1.807, 2.05) is 62.4 Å². The Balaban J connectivity index is 1.86. The molecule has 2 aromatic heterocycles. The van der Waals surface area contributed by atoms with E-state index in [4.69, 9.17) is 15.5 Å². The number of para-hydroxylation sites is 1. The van der Waals surface area contributed by atoms with Crippen LogP contribution in [0.5, 0.6) is 5.75 Å². The van der Waals surface area contributed by atoms with E-state index in [1.165, 1.54) is 0 Å². The Hall–Kier alpha value is -3.68. The number of benzene rings is 2. The Labute approximate surface area is 174 Å². The van der Waals surface area contributed by atoms with Crippen molar-refractivity contribution in [3.8, 4) is 17.1 Å². The Kier molecular flexibility index (Phi) is 5.22. The van der Waals surface area contributed by atoms with Gasteiger partial charge in [-0.1, -0.05) is 26.0 Å². The number of ether oxygens (including phenoxy) is 1. The van der Waals surface area contributed by atoms with Crippen molar-refractivity contribution in [2.45, 2.75) is 26.3 Å². The summed E-state index contributed by atoms with van der Waals surface area (Å²) in [4.78, 5) is 21.4. The zero-order valence-electron chi connectivity index (χ0n) is 17.2. The minimum atomic E-state index is -0.560. The summed E-state index contributed by atoms with van der Waals surface area (Å²) in [6.07, 6.45) is 0.589. The first kappa shape index (κ1) is 19.6. The lowest BCUT2D eigenvalue weighted by Gasteiger charge is -2.18. The van der Waals surface area contributed by atoms with Gasteiger partial charge in [0.05, 0.1) is 12.6 Å². The molecule has 1 atom stereocenters. The molecule has 30 heavy (non-hydrogen) atoms. The van der Waals surface area contributed by atoms with Gasteiger partial charge >= 0.3 is 0 Å². The topological polar surface area (TPSA) is 107 Å². The highest BCUT2D eigenvalue weighted by atomic mass is 16.5. The Bertz CT molecular complexity index is 1200. The quantitative estimate of drug-likeness (QED) is 0.489. The number of rotatable bonds is 7. The van der Waals surface area contributed by atoms with Gasteiger partial charge in [0, 0.05) is 10.9 Å². The number of aromatic nitrogens is 4. The fourth-order valence-electron chi connectivity index (χ4n) is 3.39. The average Bonchev–Trinajstić information content (AvgIpc) is 3.19. The number of nitrogens with one attached hydrogen (secondary N) is 1. The Morgan fingerprint density at radius 2 is 1.87 bits per heavy atom. The van der Waals surface area contributed by atoms with Gasteiger partial charge in [-0.25, -0.2) is 9.97 Å². The van der Waals surface area contributed by atoms with Crippen LogP contribution in [0.25, 0.3) is 27.9 Å². The van der Waals surface area contributed by atoms with Crippen molar-refractivity contribution in [2.75, 3.05) is 12.4 Å². The average molecular weight is 404 g/mol. The number of hydrogen-bond donors (Lipinski definition) is 2. The molecule has 0 unspecified atom stereocenters. The summed E-state index contributed by atoms with van der Waals surface area (Å²) < 4.78 is 6.87. The molecule has 4 aromatic rings. The molecular weight excluding hydrogens is 380 g/mol. The summed E-state index contributed by atoms with van der Waals surface area (Å²) in [6, 6.07) is 14.7. The first-order valence-electron chi connectivity index (χ1n) is 9.82. The van der Waals surface area contributed by atoms with Crippen LogP contribution >= 0.6 is 0 Å². The normalized spacial score (nSPS) is 12.4. The first-order valence-corrected chi connectivity index (χ1v) is 9.82. The van der Waals surface area contributed by atoms with E-state index in [9.17, 15) is 4.79 Å². The molecule has 0 aliphatic heterocycles. The van der Waals surface area contributed by atoms with Gasteiger partial charge < -0.3 is 15.8 Å². The highest BCUT2D eigenvalue weighted by Crippen LogP contribution is 2.26. The standard InChI is InChI=1S/C22H24N6O2/c1-13(2)12-18(19(23)29)25-22-24-17-7-5-4-6-16(17)21-26-20(27-28(21)22)14-8-10-15(30-3)11-9-14/h4-11,13,18H,12H2,1-3H3,(H2,23,29)(H,24,25)/t18-/m1/s1. The lowest BCUT2D eigenvalue weighted by Crippen LogP contribution is -2.37. The van der Waals surface area contributed by atoms with Crippen LogP contribution in [-0.4, -0.2) is 38.6 Å². The summed E-state index contributed by atoms with van der Waals surface area (Å²) >= 11 is 0. The number of carbonyl (C=O) groups is 1. The van der Waals surface area contributed by atoms with Crippen LogP contribution in [0.4, 0.5) is 5.95 Å². The molecule has 0 fully saturated rings. The maximum absolute atomic E-state index is 12.0. The summed E-state index contributed by atoms with van der Waals surface area (Å²) in [5.74, 6) is 1.60. The van der Waals surface area contributed by atoms with Crippen molar-refractivity contribution < 1.29 is 9.53 Å². The summed E-state index contributed by atoms with van der Waals surface area (Å²) in [7, 11) is 1.63. The van der Waals surface area contributed by atoms with E-state index in [1.54, 1.807) is 11.6 Å². The van der Waals surface area contributed by atoms with Gasteiger partial charge in [-0.3, -0.25) is 4.79 Å². The minimum Gasteiger partial charge on any atom is -0.497 e. The van der Waals surface area contributed by atoms with Gasteiger partial charge in [0.1, 0.15) is 11.8 Å². The van der Waals surface area contributed by atoms with Gasteiger partial charge in [0.2, 0.25) is 11.9 Å². The largest absolute Gasteiger partial charge is 0.497 e. The Morgan fingerprint density at radius 3 is 2.53 bits per heavy atom. The van der Waals surface area contributed by atoms with Gasteiger partial charge in [0.15, 0.2) is 11.5 Å². The molecule has 3 N–H and O–H groups in total. The number of methoxy groups -OCH3 is 1. The van der Waals surface area contributed by atoms with Crippen LogP contribution in [0.2, 0.25) is 0 Å². The molecule has 2 heterocycles. The number of amides is 1. The summed E-state index contributed by atoms with van der Waals surface area (Å²) in [5.41, 5.74) is 7.89. The van der Waals surface area contributed by atoms with Gasteiger partial charge in [-0.05, 0) is 48.7 Å². The molecule has 0 aliphatic carbocycles. The van der Waals surface area contributed by atoms with Crippen LogP contribution in [0.1, 0.15) is 20.3 Å². The van der Waals surface area contributed by atoms with E-state index in [0.717, 1.165) is 22.2 Å². The molecule has 8 heteroatoms. The van der Waals surface area contributed by atoms with E-state index in [0.29, 0.717) is 23.8 Å². The molecule has 0 aliphatic rings. The van der Waals surface area contributed by atoms with Gasteiger partial charge in [-0.15, -0.1) is 5.10 Å². The van der Waals surface area contributed by atoms with Crippen molar-refractivity contribution in [2.24, 2.45) is 11.7 Å². The van der Waals surface area contributed by atoms with Crippen molar-refractivity contribution >= 4 is 28.4 Å². The second-order valence-corrected chi connectivity index (χ2v) is 7.58. The van der Waals surface area contributed by atoms with Crippen LogP contribution in [0, 0.1) is 5.92 Å². The molecule has 0 radical (unpaired) electrons. The number of nitrogens with two attached hydrogens (primary N) is 1. The molecule has 154 valence electrons. The smallest absolute Gasteiger partial charge is 0.240 e. The number of fused-ring (bicyclic) bond motifs is 3. The highest BCUT2D eigenvalue weighted by molar-refractivity contribution is 5.93. The van der Waals surface area contributed by atoms with Crippen LogP contribution in [0.3, 0.4) is 0 Å². The SMILES string of the molecule is COc1ccc(-c2nc3c4ccccc4nc(N[C@H](CC(C)C)C(N)=O)n3n2)cc1. The minimum absolute atomic E-state index is 0.288. The molecule has 1 amide bonds. The lowest BCUT2D eigenvalue weighted by atomic mass is 10.0. The molecule has 2 aromatic carbocycles. The molecule has 0 spiro atoms. The molecule has 0 saturated heterocycles. The molecule has 0 saturated carbocycles. The number of primary amides is 1. The number of hydrogen-bond acceptors (Lipinski definition) is 6. The first-order chi connectivity index (χ1) is 14.5. The second kappa shape index (κ2) is 7.98. The highest BCUT2D eigenvalue weighted by Gasteiger charge is 2.21. The summed E-state index contributed by atoms with van der Waals surface area (Å²) in [5, 5.41) is 8.72. The third kappa shape index (κ3) is 3.76. The zero-order valence-corrected chi connectivity index (χ0v) is 17.2. The number of nitrogens with zero attached hydrogens (tertiary/aromatic N) is 4. The van der Waals surface area contributed by atoms with E-state index < -0.39 is 11.9 Å². The van der Waals surface area contributed by atoms with Gasteiger partial charge in [-0.2, -0.15) is 4.52 Å². The van der Waals surface area contributed by atoms with Crippen molar-refractivity contribution in [1.29, 1.82) is 0 Å². The molecule has 4 rings (SSSR count). The maximum Gasteiger partial charge on any atom is 0.240 e. The second-order valence-electron chi connectivity index (χ2n) is 7.58. The van der Waals surface area contributed by atoms with Crippen LogP contribution in [0.15, 0.2) is 48.5 Å². The predicted octanol–water partition coefficient (Wildman–Crippen LogP) is 3.27. The van der Waals surface area contributed by atoms with Crippen molar-refractivity contribution in [3.63, 3.8) is 0 Å². The van der Waals surface area contributed by atoms with Crippen LogP contribution < -0.4 is 15.8 Å². The van der Waals surface area contributed by atoms with Crippen LogP contribution in [-0.2, 0) is 4.79 Å². The third-order valence-corrected chi connectivity index (χ3v) is 4.88. The fraction of sp³-hybridized carbons (Fsp3) is 0.273. The number of carbonyl (C=O) groups excluding carboxylic acids is 1. The van der Waals surface area contributed by atoms with Crippen molar-refractivity contribution in [1.82, 2.24) is 19.6 Å². The lowest BCUT2D eigenvalue weighted by molar-refractivity contribution is -0.119. The molecule has 0 bridgehead atoms. The van der Waals surface area contributed by atoms with Crippen molar-refractivity contribution in [3.05, 3.63) is 48.5 Å². The predicted molar refractivity (Wildman–Crippen MR) is 116 cm³/mol. The number of anilines is 1. The fourth-order valence-corrected chi connectivity index (χ4v) is 3.39. The Morgan fingerprint density at radius 1 is 1.13 bits per heavy atom. The van der Waals surface area contributed by atoms with E-state index in [2.05, 4.69) is 15.4 Å². The summed E-state index contributed by atoms with van der Waals surface area (Å²) in [6.45, 7) is 4.08.